The number of rotatable bonds is 4. The average molecular weight is 208 g/mol. The van der Waals surface area contributed by atoms with Crippen molar-refractivity contribution in [3.63, 3.8) is 0 Å². The molecule has 0 unspecified atom stereocenters. The first-order chi connectivity index (χ1) is 6.67. The van der Waals surface area contributed by atoms with Gasteiger partial charge >= 0.3 is 0 Å². The van der Waals surface area contributed by atoms with E-state index < -0.39 is 0 Å². The maximum absolute atomic E-state index is 10.7. The molecule has 0 atom stereocenters. The van der Waals surface area contributed by atoms with Crippen molar-refractivity contribution in [2.45, 2.75) is 13.3 Å². The second-order valence-corrected chi connectivity index (χ2v) is 3.82. The Hall–Kier alpha value is -1.42. The molecule has 0 aliphatic rings. The van der Waals surface area contributed by atoms with Crippen molar-refractivity contribution in [3.8, 4) is 0 Å². The molecule has 0 bridgehead atoms. The average Bonchev–Trinajstić information content (AvgIpc) is 2.47. The molecule has 2 N–H and O–H groups in total. The molecule has 1 aromatic rings. The number of hydrogen-bond acceptors (Lipinski definition) is 3. The van der Waals surface area contributed by atoms with Crippen LogP contribution in [0.2, 0.25) is 0 Å². The lowest BCUT2D eigenvalue weighted by Crippen LogP contribution is -2.13. The third-order valence-corrected chi connectivity index (χ3v) is 2.63. The highest BCUT2D eigenvalue weighted by molar-refractivity contribution is 7.12. The molecule has 14 heavy (non-hydrogen) atoms. The van der Waals surface area contributed by atoms with E-state index in [1.165, 1.54) is 11.3 Å². The van der Waals surface area contributed by atoms with E-state index in [0.717, 1.165) is 15.6 Å². The molecule has 0 aromatic carbocycles. The maximum atomic E-state index is 10.7. The molecule has 1 heterocycles. The third-order valence-electron chi connectivity index (χ3n) is 1.56. The van der Waals surface area contributed by atoms with Crippen molar-refractivity contribution < 1.29 is 4.79 Å². The summed E-state index contributed by atoms with van der Waals surface area (Å²) in [4.78, 5) is 15.9. The normalized spacial score (nSPS) is 10.6. The minimum Gasteiger partial charge on any atom is -0.369 e. The van der Waals surface area contributed by atoms with Crippen LogP contribution in [0.25, 0.3) is 12.2 Å². The molecule has 74 valence electrons. The summed E-state index contributed by atoms with van der Waals surface area (Å²) < 4.78 is 0. The fourth-order valence-electron chi connectivity index (χ4n) is 1.04. The first kappa shape index (κ1) is 10.7. The van der Waals surface area contributed by atoms with Crippen LogP contribution in [0.5, 0.6) is 0 Å². The Kier molecular flexibility index (Phi) is 3.59. The third kappa shape index (κ3) is 2.53. The van der Waals surface area contributed by atoms with E-state index in [0.29, 0.717) is 0 Å². The molecule has 1 rings (SSSR count). The van der Waals surface area contributed by atoms with E-state index in [1.54, 1.807) is 6.08 Å². The van der Waals surface area contributed by atoms with Gasteiger partial charge in [-0.15, -0.1) is 11.3 Å². The van der Waals surface area contributed by atoms with Crippen LogP contribution in [-0.2, 0) is 11.2 Å². The van der Waals surface area contributed by atoms with Crippen LogP contribution in [0.1, 0.15) is 22.5 Å². The minimum atomic E-state index is -0.360. The summed E-state index contributed by atoms with van der Waals surface area (Å²) in [6.45, 7) is 5.60. The quantitative estimate of drug-likeness (QED) is 0.821. The molecule has 4 heteroatoms. The van der Waals surface area contributed by atoms with Crippen LogP contribution in [0.15, 0.2) is 12.7 Å². The molecular formula is C10H12N2OS. The summed E-state index contributed by atoms with van der Waals surface area (Å²) in [7, 11) is 0. The molecule has 0 saturated carbocycles. The monoisotopic (exact) mass is 208 g/mol. The van der Waals surface area contributed by atoms with E-state index in [2.05, 4.69) is 11.6 Å². The number of primary amides is 1. The van der Waals surface area contributed by atoms with Crippen molar-refractivity contribution >= 4 is 29.4 Å². The first-order valence-corrected chi connectivity index (χ1v) is 5.02. The molecule has 1 amide bonds. The summed E-state index contributed by atoms with van der Waals surface area (Å²) >= 11 is 1.45. The number of amides is 1. The van der Waals surface area contributed by atoms with Crippen LogP contribution in [0.3, 0.4) is 0 Å². The van der Waals surface area contributed by atoms with Gasteiger partial charge in [-0.25, -0.2) is 4.98 Å². The van der Waals surface area contributed by atoms with E-state index in [4.69, 9.17) is 5.73 Å². The van der Waals surface area contributed by atoms with Gasteiger partial charge < -0.3 is 5.73 Å². The van der Waals surface area contributed by atoms with E-state index in [1.807, 2.05) is 19.1 Å². The summed E-state index contributed by atoms with van der Waals surface area (Å²) in [6, 6.07) is 0. The number of aromatic nitrogens is 1. The number of carbonyl (C=O) groups is 1. The number of nitrogens with zero attached hydrogens (tertiary/aromatic N) is 1. The highest BCUT2D eigenvalue weighted by Crippen LogP contribution is 2.21. The van der Waals surface area contributed by atoms with Crippen LogP contribution in [0, 0.1) is 0 Å². The van der Waals surface area contributed by atoms with Crippen molar-refractivity contribution in [3.05, 3.63) is 28.2 Å². The van der Waals surface area contributed by atoms with Gasteiger partial charge in [0, 0.05) is 0 Å². The van der Waals surface area contributed by atoms with Gasteiger partial charge in [-0.3, -0.25) is 4.79 Å². The Labute approximate surface area is 87.0 Å². The van der Waals surface area contributed by atoms with Gasteiger partial charge in [-0.1, -0.05) is 12.7 Å². The summed E-state index contributed by atoms with van der Waals surface area (Å²) in [6.07, 6.45) is 5.72. The fraction of sp³-hybridized carbons (Fsp3) is 0.200. The molecule has 0 radical (unpaired) electrons. The van der Waals surface area contributed by atoms with Crippen LogP contribution in [0.4, 0.5) is 0 Å². The van der Waals surface area contributed by atoms with Crippen molar-refractivity contribution in [1.82, 2.24) is 4.98 Å². The lowest BCUT2D eigenvalue weighted by molar-refractivity contribution is -0.117. The van der Waals surface area contributed by atoms with E-state index in [-0.39, 0.29) is 12.3 Å². The predicted octanol–water partition coefficient (Wildman–Crippen LogP) is 1.85. The number of hydrogen-bond donors (Lipinski definition) is 1. The van der Waals surface area contributed by atoms with Gasteiger partial charge in [0.1, 0.15) is 5.01 Å². The zero-order chi connectivity index (χ0) is 10.6. The van der Waals surface area contributed by atoms with Gasteiger partial charge in [0.05, 0.1) is 17.0 Å². The van der Waals surface area contributed by atoms with Crippen LogP contribution < -0.4 is 5.73 Å². The largest absolute Gasteiger partial charge is 0.369 e. The standard InChI is InChI=1S/C10H12N2OS/c1-3-5-7-8(4-2)14-10(12-7)6-9(11)13/h3-5H,2,6H2,1H3,(H2,11,13)/b5-3-. The Morgan fingerprint density at radius 2 is 2.43 bits per heavy atom. The topological polar surface area (TPSA) is 56.0 Å². The van der Waals surface area contributed by atoms with Gasteiger partial charge in [0.2, 0.25) is 5.91 Å². The second kappa shape index (κ2) is 4.72. The minimum absolute atomic E-state index is 0.197. The summed E-state index contributed by atoms with van der Waals surface area (Å²) in [5, 5.41) is 0.737. The zero-order valence-electron chi connectivity index (χ0n) is 7.99. The Bertz CT molecular complexity index is 379. The van der Waals surface area contributed by atoms with Crippen molar-refractivity contribution in [1.29, 1.82) is 0 Å². The van der Waals surface area contributed by atoms with Gasteiger partial charge in [0.15, 0.2) is 0 Å². The Morgan fingerprint density at radius 1 is 1.71 bits per heavy atom. The molecular weight excluding hydrogens is 196 g/mol. The van der Waals surface area contributed by atoms with E-state index >= 15 is 0 Å². The SMILES string of the molecule is C=Cc1sc(CC(N)=O)nc1/C=C\C. The summed E-state index contributed by atoms with van der Waals surface area (Å²) in [5.41, 5.74) is 5.93. The number of allylic oxidation sites excluding steroid dienone is 1. The van der Waals surface area contributed by atoms with Crippen molar-refractivity contribution in [2.24, 2.45) is 5.73 Å². The number of carbonyl (C=O) groups excluding carboxylic acids is 1. The van der Waals surface area contributed by atoms with Gasteiger partial charge in [-0.2, -0.15) is 0 Å². The highest BCUT2D eigenvalue weighted by Gasteiger charge is 2.07. The Balaban J connectivity index is 2.99. The Morgan fingerprint density at radius 3 is 2.93 bits per heavy atom. The maximum Gasteiger partial charge on any atom is 0.224 e. The van der Waals surface area contributed by atoms with Gasteiger partial charge in [-0.05, 0) is 19.1 Å². The van der Waals surface area contributed by atoms with Crippen LogP contribution >= 0.6 is 11.3 Å². The molecule has 0 spiro atoms. The zero-order valence-corrected chi connectivity index (χ0v) is 8.80. The molecule has 0 saturated heterocycles. The van der Waals surface area contributed by atoms with Crippen molar-refractivity contribution in [2.75, 3.05) is 0 Å². The van der Waals surface area contributed by atoms with E-state index in [9.17, 15) is 4.79 Å². The molecule has 0 aliphatic heterocycles. The summed E-state index contributed by atoms with van der Waals surface area (Å²) in [5.74, 6) is -0.360. The molecule has 1 aromatic heterocycles. The smallest absolute Gasteiger partial charge is 0.224 e. The fourth-order valence-corrected chi connectivity index (χ4v) is 1.95. The molecule has 3 nitrogen and oxygen atoms in total. The first-order valence-electron chi connectivity index (χ1n) is 4.20. The predicted molar refractivity (Wildman–Crippen MR) is 59.8 cm³/mol. The molecule has 0 fully saturated rings. The highest BCUT2D eigenvalue weighted by atomic mass is 32.1. The lowest BCUT2D eigenvalue weighted by Gasteiger charge is -1.86. The van der Waals surface area contributed by atoms with Gasteiger partial charge in [0.25, 0.3) is 0 Å². The molecule has 0 aliphatic carbocycles. The second-order valence-electron chi connectivity index (χ2n) is 2.70. The van der Waals surface area contributed by atoms with Crippen LogP contribution in [-0.4, -0.2) is 10.9 Å². The number of nitrogens with two attached hydrogens (primary N) is 1. The number of thiazole rings is 1. The lowest BCUT2D eigenvalue weighted by atomic mass is 10.3.